The van der Waals surface area contributed by atoms with Gasteiger partial charge in [0, 0.05) is 31.7 Å². The molecule has 0 aromatic rings. The minimum Gasteiger partial charge on any atom is -0.373 e. The van der Waals surface area contributed by atoms with Crippen molar-refractivity contribution in [3.8, 4) is 0 Å². The maximum atomic E-state index is 5.93. The molecule has 2 unspecified atom stereocenters. The Bertz CT molecular complexity index is 330. The summed E-state index contributed by atoms with van der Waals surface area (Å²) in [5.41, 5.74) is 0.0231. The molecular formula is C14H29IN4O. The number of fused-ring (bicyclic) bond motifs is 1. The normalized spacial score (nSPS) is 27.7. The number of rotatable bonds is 2. The van der Waals surface area contributed by atoms with Gasteiger partial charge in [0.25, 0.3) is 0 Å². The first-order valence-corrected chi connectivity index (χ1v) is 7.32. The molecule has 6 heteroatoms. The summed E-state index contributed by atoms with van der Waals surface area (Å²) in [4.78, 5) is 6.81. The summed E-state index contributed by atoms with van der Waals surface area (Å²) < 4.78 is 5.93. The van der Waals surface area contributed by atoms with Crippen LogP contribution >= 0.6 is 24.0 Å². The number of hydrogen-bond acceptors (Lipinski definition) is 3. The molecule has 2 fully saturated rings. The minimum atomic E-state index is 0. The van der Waals surface area contributed by atoms with Crippen LogP contribution in [-0.2, 0) is 4.74 Å². The number of ether oxygens (including phenoxy) is 1. The van der Waals surface area contributed by atoms with Crippen molar-refractivity contribution in [3.05, 3.63) is 0 Å². The lowest BCUT2D eigenvalue weighted by molar-refractivity contribution is -0.0453. The van der Waals surface area contributed by atoms with Crippen LogP contribution in [0.15, 0.2) is 4.99 Å². The standard InChI is InChI=1S/C14H28N4O.HI/c1-14(2,3)17-13(15-4)16-8-12-9-18-7-5-6-11(18)10-19-12;/h11-12H,5-10H2,1-4H3,(H2,15,16,17);1H. The summed E-state index contributed by atoms with van der Waals surface area (Å²) in [6.45, 7) is 10.4. The Kier molecular flexibility index (Phi) is 7.00. The van der Waals surface area contributed by atoms with Gasteiger partial charge in [-0.1, -0.05) is 0 Å². The van der Waals surface area contributed by atoms with E-state index in [0.29, 0.717) is 6.04 Å². The molecule has 2 atom stereocenters. The van der Waals surface area contributed by atoms with Crippen LogP contribution in [-0.4, -0.2) is 61.8 Å². The van der Waals surface area contributed by atoms with Crippen molar-refractivity contribution in [2.24, 2.45) is 4.99 Å². The molecule has 2 aliphatic heterocycles. The molecule has 2 saturated heterocycles. The van der Waals surface area contributed by atoms with Gasteiger partial charge >= 0.3 is 0 Å². The third kappa shape index (κ3) is 5.37. The molecule has 0 bridgehead atoms. The van der Waals surface area contributed by atoms with Crippen molar-refractivity contribution >= 4 is 29.9 Å². The van der Waals surface area contributed by atoms with E-state index >= 15 is 0 Å². The maximum absolute atomic E-state index is 5.93. The van der Waals surface area contributed by atoms with Gasteiger partial charge in [0.05, 0.1) is 12.7 Å². The van der Waals surface area contributed by atoms with E-state index in [1.807, 2.05) is 0 Å². The Balaban J connectivity index is 0.00000200. The van der Waals surface area contributed by atoms with Crippen LogP contribution in [0.3, 0.4) is 0 Å². The molecule has 20 heavy (non-hydrogen) atoms. The number of hydrogen-bond donors (Lipinski definition) is 2. The van der Waals surface area contributed by atoms with Gasteiger partial charge in [0.15, 0.2) is 5.96 Å². The molecule has 0 spiro atoms. The van der Waals surface area contributed by atoms with Crippen molar-refractivity contribution in [2.45, 2.75) is 51.3 Å². The smallest absolute Gasteiger partial charge is 0.191 e. The topological polar surface area (TPSA) is 48.9 Å². The highest BCUT2D eigenvalue weighted by molar-refractivity contribution is 14.0. The number of nitrogens with one attached hydrogen (secondary N) is 2. The van der Waals surface area contributed by atoms with Gasteiger partial charge in [0.1, 0.15) is 0 Å². The van der Waals surface area contributed by atoms with Crippen LogP contribution in [0.25, 0.3) is 0 Å². The summed E-state index contributed by atoms with van der Waals surface area (Å²) in [5, 5.41) is 6.72. The average molecular weight is 396 g/mol. The lowest BCUT2D eigenvalue weighted by Gasteiger charge is -2.35. The lowest BCUT2D eigenvalue weighted by atomic mass is 10.1. The van der Waals surface area contributed by atoms with E-state index in [-0.39, 0.29) is 35.6 Å². The van der Waals surface area contributed by atoms with Gasteiger partial charge in [-0.2, -0.15) is 0 Å². The predicted octanol–water partition coefficient (Wildman–Crippen LogP) is 1.43. The highest BCUT2D eigenvalue weighted by Crippen LogP contribution is 2.22. The van der Waals surface area contributed by atoms with E-state index in [2.05, 4.69) is 41.3 Å². The molecule has 0 radical (unpaired) electrons. The Hall–Kier alpha value is -0.0800. The molecule has 0 amide bonds. The average Bonchev–Trinajstić information content (AvgIpc) is 2.80. The molecular weight excluding hydrogens is 367 g/mol. The molecule has 2 rings (SSSR count). The van der Waals surface area contributed by atoms with E-state index in [1.54, 1.807) is 7.05 Å². The second kappa shape index (κ2) is 7.79. The first-order valence-electron chi connectivity index (χ1n) is 7.32. The second-order valence-electron chi connectivity index (χ2n) is 6.57. The van der Waals surface area contributed by atoms with E-state index in [1.165, 1.54) is 19.4 Å². The van der Waals surface area contributed by atoms with E-state index in [0.717, 1.165) is 25.7 Å². The molecule has 0 aromatic carbocycles. The number of aliphatic imine (C=N–C) groups is 1. The van der Waals surface area contributed by atoms with Crippen molar-refractivity contribution in [2.75, 3.05) is 33.3 Å². The van der Waals surface area contributed by atoms with Gasteiger partial charge in [-0.15, -0.1) is 24.0 Å². The summed E-state index contributed by atoms with van der Waals surface area (Å²) in [6.07, 6.45) is 2.89. The first-order chi connectivity index (χ1) is 8.98. The maximum Gasteiger partial charge on any atom is 0.191 e. The van der Waals surface area contributed by atoms with Crippen molar-refractivity contribution in [3.63, 3.8) is 0 Å². The molecule has 0 saturated carbocycles. The summed E-state index contributed by atoms with van der Waals surface area (Å²) >= 11 is 0. The third-order valence-corrected chi connectivity index (χ3v) is 3.68. The molecule has 0 aromatic heterocycles. The van der Waals surface area contributed by atoms with Crippen molar-refractivity contribution in [1.82, 2.24) is 15.5 Å². The fourth-order valence-electron chi connectivity index (χ4n) is 2.75. The van der Waals surface area contributed by atoms with Gasteiger partial charge in [-0.3, -0.25) is 9.89 Å². The molecule has 5 nitrogen and oxygen atoms in total. The molecule has 0 aliphatic carbocycles. The summed E-state index contributed by atoms with van der Waals surface area (Å²) in [5.74, 6) is 0.847. The SMILES string of the molecule is CN=C(NCC1CN2CCCC2CO1)NC(C)(C)C.I. The van der Waals surface area contributed by atoms with Gasteiger partial charge < -0.3 is 15.4 Å². The van der Waals surface area contributed by atoms with Crippen LogP contribution < -0.4 is 10.6 Å². The molecule has 118 valence electrons. The van der Waals surface area contributed by atoms with Gasteiger partial charge in [-0.25, -0.2) is 0 Å². The summed E-state index contributed by atoms with van der Waals surface area (Å²) in [7, 11) is 1.80. The van der Waals surface area contributed by atoms with Crippen LogP contribution in [0, 0.1) is 0 Å². The third-order valence-electron chi connectivity index (χ3n) is 3.68. The molecule has 2 aliphatic rings. The van der Waals surface area contributed by atoms with Crippen LogP contribution in [0.1, 0.15) is 33.6 Å². The van der Waals surface area contributed by atoms with E-state index in [4.69, 9.17) is 4.74 Å². The fourth-order valence-corrected chi connectivity index (χ4v) is 2.75. The molecule has 2 N–H and O–H groups in total. The quantitative estimate of drug-likeness (QED) is 0.421. The van der Waals surface area contributed by atoms with E-state index < -0.39 is 0 Å². The Morgan fingerprint density at radius 2 is 2.15 bits per heavy atom. The Labute approximate surface area is 139 Å². The molecule has 2 heterocycles. The fraction of sp³-hybridized carbons (Fsp3) is 0.929. The minimum absolute atomic E-state index is 0. The number of halogens is 1. The van der Waals surface area contributed by atoms with E-state index in [9.17, 15) is 0 Å². The zero-order valence-corrected chi connectivity index (χ0v) is 15.4. The van der Waals surface area contributed by atoms with Crippen molar-refractivity contribution < 1.29 is 4.74 Å². The first kappa shape index (κ1) is 18.0. The van der Waals surface area contributed by atoms with Crippen molar-refractivity contribution in [1.29, 1.82) is 0 Å². The Morgan fingerprint density at radius 1 is 1.40 bits per heavy atom. The second-order valence-corrected chi connectivity index (χ2v) is 6.57. The predicted molar refractivity (Wildman–Crippen MR) is 94.0 cm³/mol. The Morgan fingerprint density at radius 3 is 2.80 bits per heavy atom. The van der Waals surface area contributed by atoms with Crippen LogP contribution in [0.2, 0.25) is 0 Å². The number of morpholine rings is 1. The highest BCUT2D eigenvalue weighted by atomic mass is 127. The van der Waals surface area contributed by atoms with Gasteiger partial charge in [-0.05, 0) is 40.2 Å². The number of nitrogens with zero attached hydrogens (tertiary/aromatic N) is 2. The largest absolute Gasteiger partial charge is 0.373 e. The van der Waals surface area contributed by atoms with Gasteiger partial charge in [0.2, 0.25) is 0 Å². The lowest BCUT2D eigenvalue weighted by Crippen LogP contribution is -2.53. The summed E-state index contributed by atoms with van der Waals surface area (Å²) in [6, 6.07) is 0.670. The monoisotopic (exact) mass is 396 g/mol. The zero-order chi connectivity index (χ0) is 13.9. The van der Waals surface area contributed by atoms with Crippen LogP contribution in [0.4, 0.5) is 0 Å². The highest BCUT2D eigenvalue weighted by Gasteiger charge is 2.32. The number of guanidine groups is 1. The zero-order valence-electron chi connectivity index (χ0n) is 13.1. The van der Waals surface area contributed by atoms with Crippen LogP contribution in [0.5, 0.6) is 0 Å².